The van der Waals surface area contributed by atoms with Crippen molar-refractivity contribution >= 4 is 33.5 Å². The molecule has 4 aromatic rings. The van der Waals surface area contributed by atoms with Crippen molar-refractivity contribution in [3.63, 3.8) is 0 Å². The number of aryl methyl sites for hydroxylation is 2. The van der Waals surface area contributed by atoms with Crippen LogP contribution in [-0.2, 0) is 0 Å². The Labute approximate surface area is 144 Å². The van der Waals surface area contributed by atoms with Crippen molar-refractivity contribution in [1.82, 2.24) is 4.98 Å². The third-order valence-electron chi connectivity index (χ3n) is 4.36. The topological polar surface area (TPSA) is 49.8 Å². The Kier molecular flexibility index (Phi) is 3.30. The Bertz CT molecular complexity index is 1150. The van der Waals surface area contributed by atoms with E-state index in [1.54, 1.807) is 6.20 Å². The Balaban J connectivity index is 2.08. The first-order valence-electron chi connectivity index (χ1n) is 7.57. The maximum absolute atomic E-state index is 9.23. The van der Waals surface area contributed by atoms with E-state index in [1.165, 1.54) is 0 Å². The molecule has 0 aliphatic carbocycles. The Morgan fingerprint density at radius 1 is 1.08 bits per heavy atom. The quantitative estimate of drug-likeness (QED) is 0.443. The molecule has 0 radical (unpaired) electrons. The maximum Gasteiger partial charge on any atom is 0.144 e. The molecular weight excluding hydrogens is 320 g/mol. The average molecular weight is 333 g/mol. The predicted molar refractivity (Wildman–Crippen MR) is 96.2 cm³/mol. The van der Waals surface area contributed by atoms with Crippen LogP contribution in [0.4, 0.5) is 0 Å². The van der Waals surface area contributed by atoms with Crippen LogP contribution in [-0.4, -0.2) is 4.98 Å². The number of hydrogen-bond donors (Lipinski definition) is 0. The fraction of sp³-hybridized carbons (Fsp3) is 0.100. The summed E-state index contributed by atoms with van der Waals surface area (Å²) >= 11 is 6.09. The number of rotatable bonds is 1. The van der Waals surface area contributed by atoms with E-state index in [9.17, 15) is 5.26 Å². The Morgan fingerprint density at radius 3 is 2.62 bits per heavy atom. The number of nitrogens with zero attached hydrogens (tertiary/aromatic N) is 2. The summed E-state index contributed by atoms with van der Waals surface area (Å²) in [5.41, 5.74) is 5.72. The van der Waals surface area contributed by atoms with Gasteiger partial charge in [-0.1, -0.05) is 23.7 Å². The fourth-order valence-electron chi connectivity index (χ4n) is 3.01. The number of aromatic nitrogens is 1. The smallest absolute Gasteiger partial charge is 0.144 e. The van der Waals surface area contributed by atoms with Crippen molar-refractivity contribution in [3.05, 3.63) is 64.3 Å². The third-order valence-corrected chi connectivity index (χ3v) is 4.75. The second kappa shape index (κ2) is 5.36. The van der Waals surface area contributed by atoms with E-state index >= 15 is 0 Å². The Hall–Kier alpha value is -2.83. The molecule has 0 spiro atoms. The highest BCUT2D eigenvalue weighted by molar-refractivity contribution is 6.31. The van der Waals surface area contributed by atoms with Gasteiger partial charge in [-0.3, -0.25) is 4.98 Å². The summed E-state index contributed by atoms with van der Waals surface area (Å²) in [7, 11) is 0. The zero-order chi connectivity index (χ0) is 16.8. The molecular formula is C20H13ClN2O. The molecule has 0 atom stereocenters. The summed E-state index contributed by atoms with van der Waals surface area (Å²) in [6.45, 7) is 3.86. The molecule has 4 rings (SSSR count). The van der Waals surface area contributed by atoms with Crippen LogP contribution < -0.4 is 0 Å². The molecule has 0 bridgehead atoms. The van der Waals surface area contributed by atoms with Crippen LogP contribution in [0.5, 0.6) is 0 Å². The van der Waals surface area contributed by atoms with Crippen LogP contribution in [0.2, 0.25) is 5.02 Å². The second-order valence-electron chi connectivity index (χ2n) is 5.83. The lowest BCUT2D eigenvalue weighted by atomic mass is 10.0. The number of para-hydroxylation sites is 1. The van der Waals surface area contributed by atoms with Crippen molar-refractivity contribution in [2.24, 2.45) is 0 Å². The van der Waals surface area contributed by atoms with Gasteiger partial charge in [0.05, 0.1) is 22.3 Å². The van der Waals surface area contributed by atoms with Crippen molar-refractivity contribution in [2.45, 2.75) is 13.8 Å². The molecule has 2 aromatic heterocycles. The molecule has 2 aromatic carbocycles. The maximum atomic E-state index is 9.23. The molecule has 0 aliphatic rings. The summed E-state index contributed by atoms with van der Waals surface area (Å²) in [5, 5.41) is 11.9. The fourth-order valence-corrected chi connectivity index (χ4v) is 3.11. The van der Waals surface area contributed by atoms with Gasteiger partial charge in [-0.2, -0.15) is 5.26 Å². The van der Waals surface area contributed by atoms with Crippen LogP contribution in [0.1, 0.15) is 16.7 Å². The van der Waals surface area contributed by atoms with E-state index in [0.29, 0.717) is 10.6 Å². The summed E-state index contributed by atoms with van der Waals surface area (Å²) < 4.78 is 6.16. The van der Waals surface area contributed by atoms with E-state index in [2.05, 4.69) is 11.1 Å². The molecule has 0 unspecified atom stereocenters. The van der Waals surface area contributed by atoms with Gasteiger partial charge in [0.15, 0.2) is 0 Å². The molecule has 2 heterocycles. The monoisotopic (exact) mass is 332 g/mol. The van der Waals surface area contributed by atoms with Crippen LogP contribution in [0.3, 0.4) is 0 Å². The average Bonchev–Trinajstić information content (AvgIpc) is 2.97. The molecule has 0 amide bonds. The van der Waals surface area contributed by atoms with Crippen molar-refractivity contribution in [1.29, 1.82) is 5.26 Å². The third kappa shape index (κ3) is 2.08. The SMILES string of the molecule is Cc1cc(-c2cccc3c2oc2c(C)c(C#N)ccc23)ncc1Cl. The second-order valence-corrected chi connectivity index (χ2v) is 6.24. The molecule has 4 heteroatoms. The first-order valence-corrected chi connectivity index (χ1v) is 7.95. The first kappa shape index (κ1) is 14.7. The van der Waals surface area contributed by atoms with Gasteiger partial charge in [0.2, 0.25) is 0 Å². The highest BCUT2D eigenvalue weighted by Crippen LogP contribution is 2.37. The predicted octanol–water partition coefficient (Wildman–Crippen LogP) is 5.79. The van der Waals surface area contributed by atoms with Crippen LogP contribution in [0.15, 0.2) is 47.0 Å². The van der Waals surface area contributed by atoms with Crippen molar-refractivity contribution < 1.29 is 4.42 Å². The van der Waals surface area contributed by atoms with E-state index in [-0.39, 0.29) is 0 Å². The van der Waals surface area contributed by atoms with Gasteiger partial charge in [0, 0.05) is 28.1 Å². The van der Waals surface area contributed by atoms with Crippen molar-refractivity contribution in [3.8, 4) is 17.3 Å². The normalized spacial score (nSPS) is 11.1. The molecule has 3 nitrogen and oxygen atoms in total. The molecule has 24 heavy (non-hydrogen) atoms. The number of furan rings is 1. The molecule has 0 aliphatic heterocycles. The van der Waals surface area contributed by atoms with Crippen molar-refractivity contribution in [2.75, 3.05) is 0 Å². The lowest BCUT2D eigenvalue weighted by Gasteiger charge is -2.04. The zero-order valence-electron chi connectivity index (χ0n) is 13.2. The number of pyridine rings is 1. The van der Waals surface area contributed by atoms with Crippen LogP contribution in [0, 0.1) is 25.2 Å². The number of fused-ring (bicyclic) bond motifs is 3. The summed E-state index contributed by atoms with van der Waals surface area (Å²) in [6.07, 6.45) is 1.66. The highest BCUT2D eigenvalue weighted by atomic mass is 35.5. The lowest BCUT2D eigenvalue weighted by Crippen LogP contribution is -1.86. The molecule has 0 saturated carbocycles. The van der Waals surface area contributed by atoms with Gasteiger partial charge in [-0.25, -0.2) is 0 Å². The number of halogens is 1. The highest BCUT2D eigenvalue weighted by Gasteiger charge is 2.16. The number of nitriles is 1. The van der Waals surface area contributed by atoms with E-state index in [4.69, 9.17) is 16.0 Å². The van der Waals surface area contributed by atoms with Gasteiger partial charge < -0.3 is 4.42 Å². The first-order chi connectivity index (χ1) is 11.6. The minimum atomic E-state index is 0.628. The molecule has 0 N–H and O–H groups in total. The molecule has 116 valence electrons. The lowest BCUT2D eigenvalue weighted by molar-refractivity contribution is 0.666. The minimum absolute atomic E-state index is 0.628. The van der Waals surface area contributed by atoms with E-state index in [1.807, 2.05) is 50.2 Å². The van der Waals surface area contributed by atoms with Gasteiger partial charge in [-0.05, 0) is 43.7 Å². The number of hydrogen-bond acceptors (Lipinski definition) is 3. The van der Waals surface area contributed by atoms with Gasteiger partial charge in [0.25, 0.3) is 0 Å². The van der Waals surface area contributed by atoms with Gasteiger partial charge in [0.1, 0.15) is 11.2 Å². The summed E-state index contributed by atoms with van der Waals surface area (Å²) in [5.74, 6) is 0. The summed E-state index contributed by atoms with van der Waals surface area (Å²) in [4.78, 5) is 4.44. The minimum Gasteiger partial charge on any atom is -0.455 e. The zero-order valence-corrected chi connectivity index (χ0v) is 14.0. The molecule has 0 fully saturated rings. The molecule has 0 saturated heterocycles. The van der Waals surface area contributed by atoms with Crippen LogP contribution >= 0.6 is 11.6 Å². The summed E-state index contributed by atoms with van der Waals surface area (Å²) in [6, 6.07) is 13.9. The van der Waals surface area contributed by atoms with E-state index < -0.39 is 0 Å². The van der Waals surface area contributed by atoms with Crippen LogP contribution in [0.25, 0.3) is 33.2 Å². The Morgan fingerprint density at radius 2 is 1.88 bits per heavy atom. The standard InChI is InChI=1S/C20H13ClN2O/c1-11-8-18(23-10-17(11)21)16-5-3-4-14-15-7-6-13(9-22)12(2)19(15)24-20(14)16/h3-8,10H,1-2H3. The largest absolute Gasteiger partial charge is 0.455 e. The van der Waals surface area contributed by atoms with Gasteiger partial charge in [-0.15, -0.1) is 0 Å². The van der Waals surface area contributed by atoms with Gasteiger partial charge >= 0.3 is 0 Å². The number of benzene rings is 2. The van der Waals surface area contributed by atoms with E-state index in [0.717, 1.165) is 44.3 Å².